The number of nitrogens with one attached hydrogen (secondary N) is 1. The molecule has 0 saturated carbocycles. The first-order chi connectivity index (χ1) is 20.0. The zero-order valence-electron chi connectivity index (χ0n) is 23.7. The summed E-state index contributed by atoms with van der Waals surface area (Å²) in [5.74, 6) is -0.784. The van der Waals surface area contributed by atoms with Crippen molar-refractivity contribution in [3.05, 3.63) is 84.4 Å². The average Bonchev–Trinajstić information content (AvgIpc) is 3.51. The molecule has 4 aromatic rings. The van der Waals surface area contributed by atoms with Gasteiger partial charge in [0.1, 0.15) is 6.04 Å². The van der Waals surface area contributed by atoms with Gasteiger partial charge in [0.2, 0.25) is 11.7 Å². The van der Waals surface area contributed by atoms with Crippen molar-refractivity contribution >= 4 is 22.0 Å². The van der Waals surface area contributed by atoms with E-state index < -0.39 is 22.1 Å². The molecule has 1 atom stereocenters. The molecule has 0 aliphatic heterocycles. The van der Waals surface area contributed by atoms with E-state index in [4.69, 9.17) is 4.55 Å². The van der Waals surface area contributed by atoms with Gasteiger partial charge in [-0.05, 0) is 46.4 Å². The first-order valence-corrected chi connectivity index (χ1v) is 14.9. The Morgan fingerprint density at radius 1 is 0.929 bits per heavy atom. The summed E-state index contributed by atoms with van der Waals surface area (Å²) in [5.41, 5.74) is 3.66. The van der Waals surface area contributed by atoms with Gasteiger partial charge in [0.25, 0.3) is 10.1 Å². The van der Waals surface area contributed by atoms with Crippen LogP contribution in [0.2, 0.25) is 0 Å². The summed E-state index contributed by atoms with van der Waals surface area (Å²) in [4.78, 5) is 26.2. The Morgan fingerprint density at radius 3 is 2.05 bits per heavy atom. The maximum absolute atomic E-state index is 12.9. The molecule has 11 nitrogen and oxygen atoms in total. The number of aliphatic carboxylic acids is 1. The molecule has 3 aromatic carbocycles. The fourth-order valence-electron chi connectivity index (χ4n) is 4.38. The van der Waals surface area contributed by atoms with Crippen LogP contribution in [0.5, 0.6) is 0 Å². The van der Waals surface area contributed by atoms with E-state index in [9.17, 15) is 23.1 Å². The zero-order chi connectivity index (χ0) is 30.7. The second-order valence-electron chi connectivity index (χ2n) is 9.92. The molecule has 4 rings (SSSR count). The maximum Gasteiger partial charge on any atom is 0.326 e. The number of amides is 1. The van der Waals surface area contributed by atoms with Crippen molar-refractivity contribution in [1.82, 2.24) is 25.5 Å². The van der Waals surface area contributed by atoms with E-state index >= 15 is 0 Å². The number of hydrogen-bond acceptors (Lipinski definition) is 7. The summed E-state index contributed by atoms with van der Waals surface area (Å²) >= 11 is 0. The second-order valence-corrected chi connectivity index (χ2v) is 11.3. The molecule has 12 heteroatoms. The highest BCUT2D eigenvalue weighted by Crippen LogP contribution is 2.30. The number of nitrogens with zero attached hydrogens (tertiary/aromatic N) is 4. The summed E-state index contributed by atoms with van der Waals surface area (Å²) < 4.78 is 29.2. The molecule has 222 valence electrons. The number of H-pyrrole nitrogens is 1. The van der Waals surface area contributed by atoms with Gasteiger partial charge in [-0.2, -0.15) is 13.6 Å². The van der Waals surface area contributed by atoms with Crippen LogP contribution in [0, 0.1) is 5.92 Å². The Balaban J connectivity index is 0.000000408. The lowest BCUT2D eigenvalue weighted by Crippen LogP contribution is -2.47. The number of carboxylic acids is 1. The molecule has 0 unspecified atom stereocenters. The number of aromatic nitrogens is 4. The first kappa shape index (κ1) is 32.1. The minimum Gasteiger partial charge on any atom is -0.480 e. The van der Waals surface area contributed by atoms with E-state index in [2.05, 4.69) is 20.6 Å². The summed E-state index contributed by atoms with van der Waals surface area (Å²) in [6.07, 6.45) is 1.97. The molecule has 3 N–H and O–H groups in total. The largest absolute Gasteiger partial charge is 0.480 e. The smallest absolute Gasteiger partial charge is 0.326 e. The highest BCUT2D eigenvalue weighted by Gasteiger charge is 2.32. The molecule has 0 radical (unpaired) electrons. The number of carbonyl (C=O) groups excluding carboxylic acids is 1. The predicted molar refractivity (Wildman–Crippen MR) is 158 cm³/mol. The van der Waals surface area contributed by atoms with Crippen molar-refractivity contribution < 1.29 is 27.7 Å². The number of carbonyl (C=O) groups is 2. The van der Waals surface area contributed by atoms with Crippen LogP contribution in [-0.4, -0.2) is 61.5 Å². The topological polar surface area (TPSA) is 166 Å². The van der Waals surface area contributed by atoms with Crippen molar-refractivity contribution in [2.75, 3.05) is 0 Å². The monoisotopic (exact) mass is 593 g/mol. The van der Waals surface area contributed by atoms with Crippen LogP contribution in [0.1, 0.15) is 45.6 Å². The van der Waals surface area contributed by atoms with E-state index in [0.29, 0.717) is 12.2 Å². The number of carboxylic acid groups (broad SMARTS) is 1. The van der Waals surface area contributed by atoms with Crippen LogP contribution in [0.4, 0.5) is 0 Å². The van der Waals surface area contributed by atoms with Crippen molar-refractivity contribution in [3.8, 4) is 22.5 Å². The molecule has 0 aliphatic carbocycles. The molecule has 0 spiro atoms. The Kier molecular flexibility index (Phi) is 11.5. The van der Waals surface area contributed by atoms with Gasteiger partial charge in [0.05, 0.1) is 4.90 Å². The van der Waals surface area contributed by atoms with Gasteiger partial charge in [-0.1, -0.05) is 93.9 Å². The number of unbranched alkanes of at least 4 members (excludes halogenated alkanes) is 1. The van der Waals surface area contributed by atoms with Gasteiger partial charge in [-0.3, -0.25) is 9.35 Å². The lowest BCUT2D eigenvalue weighted by Gasteiger charge is -2.32. The SMILES string of the molecule is CCCCC(=O)N(Cc1ccc(-c2ccccc2-c2nn[nH]n2)cc1)[C@H](C(=O)O)C(C)C.O=S(=O)(O)c1ccccc1. The normalized spacial score (nSPS) is 11.8. The summed E-state index contributed by atoms with van der Waals surface area (Å²) in [5, 5.41) is 24.0. The molecular weight excluding hydrogens is 558 g/mol. The highest BCUT2D eigenvalue weighted by atomic mass is 32.2. The van der Waals surface area contributed by atoms with Gasteiger partial charge in [0, 0.05) is 18.5 Å². The van der Waals surface area contributed by atoms with Crippen LogP contribution >= 0.6 is 0 Å². The van der Waals surface area contributed by atoms with E-state index in [0.717, 1.165) is 35.1 Å². The number of aromatic amines is 1. The summed E-state index contributed by atoms with van der Waals surface area (Å²) in [7, 11) is -4.00. The van der Waals surface area contributed by atoms with E-state index in [1.807, 2.05) is 69.3 Å². The standard InChI is InChI=1S/C24H29N5O3.C6H6O3S/c1-4-5-10-21(30)29(22(16(2)3)24(31)32)15-17-11-13-18(14-12-17)19-8-6-7-9-20(19)23-25-27-28-26-23;7-10(8,9)6-4-2-1-3-5-6/h6-9,11-14,16,22H,4-5,10,15H2,1-3H3,(H,31,32)(H,25,26,27,28);1-5H,(H,7,8,9)/t22-;/m0./s1. The van der Waals surface area contributed by atoms with Crippen LogP contribution in [0.3, 0.4) is 0 Å². The predicted octanol–water partition coefficient (Wildman–Crippen LogP) is 5.10. The minimum atomic E-state index is -4.00. The van der Waals surface area contributed by atoms with E-state index in [1.54, 1.807) is 18.2 Å². The van der Waals surface area contributed by atoms with E-state index in [1.165, 1.54) is 17.0 Å². The molecule has 1 aromatic heterocycles. The molecule has 0 aliphatic rings. The fraction of sp³-hybridized carbons (Fsp3) is 0.300. The van der Waals surface area contributed by atoms with Crippen LogP contribution in [0.15, 0.2) is 83.8 Å². The minimum absolute atomic E-state index is 0.0741. The molecule has 1 heterocycles. The Bertz CT molecular complexity index is 1540. The molecule has 1 amide bonds. The third-order valence-corrected chi connectivity index (χ3v) is 7.32. The van der Waals surface area contributed by atoms with Crippen LogP contribution < -0.4 is 0 Å². The van der Waals surface area contributed by atoms with Gasteiger partial charge in [-0.25, -0.2) is 4.79 Å². The third-order valence-electron chi connectivity index (χ3n) is 6.46. The van der Waals surface area contributed by atoms with Gasteiger partial charge in [0.15, 0.2) is 0 Å². The van der Waals surface area contributed by atoms with E-state index in [-0.39, 0.29) is 23.3 Å². The zero-order valence-corrected chi connectivity index (χ0v) is 24.5. The van der Waals surface area contributed by atoms with Crippen molar-refractivity contribution in [2.45, 2.75) is 57.5 Å². The lowest BCUT2D eigenvalue weighted by atomic mass is 9.97. The molecular formula is C30H35N5O6S. The maximum atomic E-state index is 12.9. The van der Waals surface area contributed by atoms with Crippen LogP contribution in [0.25, 0.3) is 22.5 Å². The molecule has 0 bridgehead atoms. The Morgan fingerprint density at radius 2 is 1.55 bits per heavy atom. The molecule has 0 saturated heterocycles. The van der Waals surface area contributed by atoms with Crippen LogP contribution in [-0.2, 0) is 26.3 Å². The number of benzene rings is 3. The summed E-state index contributed by atoms with van der Waals surface area (Å²) in [6.45, 7) is 5.93. The number of rotatable bonds is 11. The number of tetrazole rings is 1. The average molecular weight is 594 g/mol. The Labute approximate surface area is 245 Å². The van der Waals surface area contributed by atoms with Gasteiger partial charge in [-0.15, -0.1) is 10.2 Å². The highest BCUT2D eigenvalue weighted by molar-refractivity contribution is 7.85. The van der Waals surface area contributed by atoms with Gasteiger partial charge >= 0.3 is 5.97 Å². The lowest BCUT2D eigenvalue weighted by molar-refractivity contribution is -0.153. The van der Waals surface area contributed by atoms with Gasteiger partial charge < -0.3 is 10.0 Å². The quantitative estimate of drug-likeness (QED) is 0.201. The fourth-order valence-corrected chi connectivity index (χ4v) is 4.88. The first-order valence-electron chi connectivity index (χ1n) is 13.5. The second kappa shape index (κ2) is 15.0. The molecule has 42 heavy (non-hydrogen) atoms. The third kappa shape index (κ3) is 8.79. The number of hydrogen-bond donors (Lipinski definition) is 3. The van der Waals surface area contributed by atoms with Crippen molar-refractivity contribution in [2.24, 2.45) is 5.92 Å². The molecule has 0 fully saturated rings. The van der Waals surface area contributed by atoms with Crippen molar-refractivity contribution in [3.63, 3.8) is 0 Å². The van der Waals surface area contributed by atoms with Crippen molar-refractivity contribution in [1.29, 1.82) is 0 Å². The Hall–Kier alpha value is -4.42. The summed E-state index contributed by atoms with van der Waals surface area (Å²) in [6, 6.07) is 22.1.